The van der Waals surface area contributed by atoms with E-state index >= 15 is 0 Å². The Kier molecular flexibility index (Phi) is 7.08. The summed E-state index contributed by atoms with van der Waals surface area (Å²) < 4.78 is 10.0. The molecule has 1 aromatic rings. The maximum atomic E-state index is 11.5. The summed E-state index contributed by atoms with van der Waals surface area (Å²) in [6.45, 7) is 5.33. The van der Waals surface area contributed by atoms with E-state index < -0.39 is 5.97 Å². The van der Waals surface area contributed by atoms with E-state index in [0.717, 1.165) is 0 Å². The van der Waals surface area contributed by atoms with Crippen LogP contribution in [0, 0.1) is 5.92 Å². The molecule has 0 spiro atoms. The van der Waals surface area contributed by atoms with Crippen molar-refractivity contribution in [2.45, 2.75) is 20.8 Å². The van der Waals surface area contributed by atoms with Crippen LogP contribution >= 0.6 is 0 Å². The molecule has 0 atom stereocenters. The second-order valence-electron chi connectivity index (χ2n) is 5.23. The molecule has 0 aromatic heterocycles. The van der Waals surface area contributed by atoms with Crippen molar-refractivity contribution in [3.8, 4) is 5.75 Å². The first kappa shape index (κ1) is 17.7. The minimum absolute atomic E-state index is 0.0432. The van der Waals surface area contributed by atoms with Crippen LogP contribution in [0.1, 0.15) is 31.1 Å². The third-order valence-corrected chi connectivity index (χ3v) is 2.69. The Labute approximate surface area is 129 Å². The summed E-state index contributed by atoms with van der Waals surface area (Å²) in [6.07, 6.45) is 0. The van der Waals surface area contributed by atoms with Crippen molar-refractivity contribution < 1.29 is 23.9 Å². The summed E-state index contributed by atoms with van der Waals surface area (Å²) in [4.78, 5) is 33.9. The van der Waals surface area contributed by atoms with E-state index in [1.807, 2.05) is 13.8 Å². The molecule has 1 aromatic carbocycles. The molecule has 6 nitrogen and oxygen atoms in total. The molecule has 120 valence electrons. The molecule has 0 radical (unpaired) electrons. The lowest BCUT2D eigenvalue weighted by molar-refractivity contribution is -0.150. The molecule has 1 amide bonds. The quantitative estimate of drug-likeness (QED) is 0.582. The van der Waals surface area contributed by atoms with Gasteiger partial charge in [-0.1, -0.05) is 13.8 Å². The van der Waals surface area contributed by atoms with Gasteiger partial charge in [0, 0.05) is 12.1 Å². The highest BCUT2D eigenvalue weighted by Crippen LogP contribution is 2.12. The molecule has 0 saturated heterocycles. The van der Waals surface area contributed by atoms with Gasteiger partial charge in [0.15, 0.2) is 19.0 Å². The highest BCUT2D eigenvalue weighted by atomic mass is 16.6. The molecule has 0 aliphatic carbocycles. The van der Waals surface area contributed by atoms with Crippen LogP contribution in [0.3, 0.4) is 0 Å². The van der Waals surface area contributed by atoms with Crippen LogP contribution in [0.4, 0.5) is 0 Å². The molecule has 0 aliphatic rings. The van der Waals surface area contributed by atoms with Crippen LogP contribution in [0.25, 0.3) is 0 Å². The first-order chi connectivity index (χ1) is 10.4. The van der Waals surface area contributed by atoms with Gasteiger partial charge < -0.3 is 14.8 Å². The van der Waals surface area contributed by atoms with Crippen molar-refractivity contribution in [2.24, 2.45) is 5.92 Å². The number of benzene rings is 1. The van der Waals surface area contributed by atoms with Crippen molar-refractivity contribution in [1.82, 2.24) is 5.32 Å². The zero-order valence-corrected chi connectivity index (χ0v) is 13.0. The van der Waals surface area contributed by atoms with Gasteiger partial charge in [-0.3, -0.25) is 9.59 Å². The maximum Gasteiger partial charge on any atom is 0.344 e. The summed E-state index contributed by atoms with van der Waals surface area (Å²) in [7, 11) is 0. The highest BCUT2D eigenvalue weighted by molar-refractivity contribution is 5.94. The Bertz CT molecular complexity index is 522. The molecule has 0 saturated carbocycles. The zero-order valence-electron chi connectivity index (χ0n) is 13.0. The second-order valence-corrected chi connectivity index (χ2v) is 5.23. The molecular formula is C16H21NO5. The number of ketones is 1. The Balaban J connectivity index is 2.28. The van der Waals surface area contributed by atoms with E-state index in [2.05, 4.69) is 5.32 Å². The fraction of sp³-hybridized carbons (Fsp3) is 0.438. The van der Waals surface area contributed by atoms with E-state index in [-0.39, 0.29) is 24.9 Å². The predicted octanol–water partition coefficient (Wildman–Crippen LogP) is 1.58. The molecule has 22 heavy (non-hydrogen) atoms. The lowest BCUT2D eigenvalue weighted by atomic mass is 10.1. The third kappa shape index (κ3) is 6.88. The van der Waals surface area contributed by atoms with E-state index in [0.29, 0.717) is 23.8 Å². The molecule has 0 unspecified atom stereocenters. The number of carbonyl (C=O) groups excluding carboxylic acids is 3. The molecular weight excluding hydrogens is 286 g/mol. The van der Waals surface area contributed by atoms with Crippen molar-refractivity contribution in [2.75, 3.05) is 19.8 Å². The van der Waals surface area contributed by atoms with Crippen LogP contribution < -0.4 is 10.1 Å². The lowest BCUT2D eigenvalue weighted by Crippen LogP contribution is -2.32. The van der Waals surface area contributed by atoms with Crippen LogP contribution in [-0.2, 0) is 14.3 Å². The van der Waals surface area contributed by atoms with Gasteiger partial charge in [0.1, 0.15) is 5.75 Å². The topological polar surface area (TPSA) is 81.7 Å². The van der Waals surface area contributed by atoms with Gasteiger partial charge in [0.25, 0.3) is 5.91 Å². The molecule has 0 aliphatic heterocycles. The second kappa shape index (κ2) is 8.81. The van der Waals surface area contributed by atoms with Crippen molar-refractivity contribution in [1.29, 1.82) is 0 Å². The predicted molar refractivity (Wildman–Crippen MR) is 80.7 cm³/mol. The summed E-state index contributed by atoms with van der Waals surface area (Å²) in [5, 5.41) is 2.64. The molecule has 1 N–H and O–H groups in total. The first-order valence-corrected chi connectivity index (χ1v) is 7.04. The van der Waals surface area contributed by atoms with Gasteiger partial charge in [0.05, 0.1) is 0 Å². The molecule has 1 rings (SSSR count). The van der Waals surface area contributed by atoms with E-state index in [9.17, 15) is 14.4 Å². The molecule has 0 fully saturated rings. The minimum Gasteiger partial charge on any atom is -0.482 e. The van der Waals surface area contributed by atoms with Gasteiger partial charge in [-0.2, -0.15) is 0 Å². The summed E-state index contributed by atoms with van der Waals surface area (Å²) in [5.41, 5.74) is 0.566. The maximum absolute atomic E-state index is 11.5. The van der Waals surface area contributed by atoms with Gasteiger partial charge in [-0.15, -0.1) is 0 Å². The SMILES string of the molecule is CC(=O)c1ccc(OCC(=O)OCC(=O)NCC(C)C)cc1. The fourth-order valence-electron chi connectivity index (χ4n) is 1.48. The number of ether oxygens (including phenoxy) is 2. The van der Waals surface area contributed by atoms with Crippen LogP contribution in [0.2, 0.25) is 0 Å². The highest BCUT2D eigenvalue weighted by Gasteiger charge is 2.09. The van der Waals surface area contributed by atoms with Crippen molar-refractivity contribution in [3.05, 3.63) is 29.8 Å². The monoisotopic (exact) mass is 307 g/mol. The lowest BCUT2D eigenvalue weighted by Gasteiger charge is -2.09. The summed E-state index contributed by atoms with van der Waals surface area (Å²) in [6, 6.07) is 6.42. The summed E-state index contributed by atoms with van der Waals surface area (Å²) in [5.74, 6) is -0.228. The smallest absolute Gasteiger partial charge is 0.344 e. The number of amides is 1. The fourth-order valence-corrected chi connectivity index (χ4v) is 1.48. The Morgan fingerprint density at radius 1 is 1.09 bits per heavy atom. The van der Waals surface area contributed by atoms with Gasteiger partial charge in [0.2, 0.25) is 0 Å². The standard InChI is InChI=1S/C16H21NO5/c1-11(2)8-17-15(19)9-22-16(20)10-21-14-6-4-13(5-7-14)12(3)18/h4-7,11H,8-10H2,1-3H3,(H,17,19). The Morgan fingerprint density at radius 3 is 2.27 bits per heavy atom. The minimum atomic E-state index is -0.629. The van der Waals surface area contributed by atoms with Crippen LogP contribution in [0.5, 0.6) is 5.75 Å². The zero-order chi connectivity index (χ0) is 16.5. The Hall–Kier alpha value is -2.37. The van der Waals surface area contributed by atoms with E-state index in [4.69, 9.17) is 9.47 Å². The molecule has 0 bridgehead atoms. The molecule has 6 heteroatoms. The largest absolute Gasteiger partial charge is 0.482 e. The number of rotatable bonds is 8. The number of hydrogen-bond donors (Lipinski definition) is 1. The van der Waals surface area contributed by atoms with Crippen LogP contribution in [-0.4, -0.2) is 37.4 Å². The number of hydrogen-bond acceptors (Lipinski definition) is 5. The average molecular weight is 307 g/mol. The normalized spacial score (nSPS) is 10.2. The third-order valence-electron chi connectivity index (χ3n) is 2.69. The van der Waals surface area contributed by atoms with Crippen LogP contribution in [0.15, 0.2) is 24.3 Å². The first-order valence-electron chi connectivity index (χ1n) is 7.04. The number of nitrogens with one attached hydrogen (secondary N) is 1. The number of esters is 1. The Morgan fingerprint density at radius 2 is 1.73 bits per heavy atom. The average Bonchev–Trinajstić information content (AvgIpc) is 2.49. The van der Waals surface area contributed by atoms with Crippen molar-refractivity contribution in [3.63, 3.8) is 0 Å². The van der Waals surface area contributed by atoms with Gasteiger partial charge >= 0.3 is 5.97 Å². The number of Topliss-reactive ketones (excluding diaryl/α,β-unsaturated/α-hetero) is 1. The van der Waals surface area contributed by atoms with Gasteiger partial charge in [-0.05, 0) is 37.1 Å². The summed E-state index contributed by atoms with van der Waals surface area (Å²) >= 11 is 0. The number of carbonyl (C=O) groups is 3. The van der Waals surface area contributed by atoms with E-state index in [1.165, 1.54) is 6.92 Å². The molecule has 0 heterocycles. The van der Waals surface area contributed by atoms with E-state index in [1.54, 1.807) is 24.3 Å². The van der Waals surface area contributed by atoms with Gasteiger partial charge in [-0.25, -0.2) is 4.79 Å². The van der Waals surface area contributed by atoms with Crippen molar-refractivity contribution >= 4 is 17.7 Å².